The molecule has 0 aromatic carbocycles. The number of anilines is 1. The molecule has 2 aromatic heterocycles. The number of aliphatic imine (C=N–C) groups is 1. The van der Waals surface area contributed by atoms with Crippen LogP contribution in [0.25, 0.3) is 0 Å². The monoisotopic (exact) mass is 451 g/mol. The number of pyridine rings is 2. The van der Waals surface area contributed by atoms with Gasteiger partial charge in [0.15, 0.2) is 0 Å². The van der Waals surface area contributed by atoms with Crippen LogP contribution in [-0.2, 0) is 16.6 Å². The molecule has 31 heavy (non-hydrogen) atoms. The maximum Gasteiger partial charge on any atom is 0.350 e. The van der Waals surface area contributed by atoms with E-state index in [1.165, 1.54) is 0 Å². The molecule has 0 spiro atoms. The maximum absolute atomic E-state index is 12.8. The summed E-state index contributed by atoms with van der Waals surface area (Å²) in [7, 11) is -4.56. The van der Waals surface area contributed by atoms with Crippen LogP contribution in [0, 0.1) is 0 Å². The van der Waals surface area contributed by atoms with Gasteiger partial charge in [-0.25, -0.2) is 18.4 Å². The number of fused-ring (bicyclic) bond motifs is 1. The van der Waals surface area contributed by atoms with Crippen molar-refractivity contribution in [2.24, 2.45) is 4.99 Å². The second-order valence-corrected chi connectivity index (χ2v) is 9.51. The van der Waals surface area contributed by atoms with Crippen molar-refractivity contribution in [3.05, 3.63) is 47.3 Å². The van der Waals surface area contributed by atoms with E-state index >= 15 is 0 Å². The fourth-order valence-electron chi connectivity index (χ4n) is 3.64. The van der Waals surface area contributed by atoms with Crippen molar-refractivity contribution in [1.82, 2.24) is 14.3 Å². The average Bonchev–Trinajstić information content (AvgIpc) is 3.16. The molecule has 0 aliphatic carbocycles. The topological polar surface area (TPSA) is 88.0 Å². The van der Waals surface area contributed by atoms with Crippen molar-refractivity contribution in [3.8, 4) is 5.88 Å². The van der Waals surface area contributed by atoms with Crippen LogP contribution in [0.5, 0.6) is 5.88 Å². The molecule has 11 heteroatoms. The summed E-state index contributed by atoms with van der Waals surface area (Å²) >= 11 is 0. The van der Waals surface area contributed by atoms with Gasteiger partial charge >= 0.3 is 5.76 Å². The van der Waals surface area contributed by atoms with E-state index in [4.69, 9.17) is 4.74 Å². The lowest BCUT2D eigenvalue weighted by atomic mass is 10.0. The summed E-state index contributed by atoms with van der Waals surface area (Å²) < 4.78 is 55.5. The third-order valence-corrected chi connectivity index (χ3v) is 6.68. The Morgan fingerprint density at radius 2 is 1.84 bits per heavy atom. The molecule has 8 nitrogen and oxygen atoms in total. The molecule has 166 valence electrons. The zero-order valence-electron chi connectivity index (χ0n) is 17.2. The minimum Gasteiger partial charge on any atom is -0.475 e. The van der Waals surface area contributed by atoms with Crippen LogP contribution in [0.1, 0.15) is 30.5 Å². The molecular weight excluding hydrogens is 428 g/mol. The van der Waals surface area contributed by atoms with Gasteiger partial charge in [0, 0.05) is 61.3 Å². The van der Waals surface area contributed by atoms with Crippen LogP contribution in [-0.4, -0.2) is 66.4 Å². The smallest absolute Gasteiger partial charge is 0.350 e. The van der Waals surface area contributed by atoms with Crippen molar-refractivity contribution in [2.45, 2.75) is 32.3 Å². The van der Waals surface area contributed by atoms with Crippen LogP contribution in [0.4, 0.5) is 14.6 Å². The van der Waals surface area contributed by atoms with Crippen LogP contribution in [0.2, 0.25) is 0 Å². The van der Waals surface area contributed by atoms with Gasteiger partial charge in [-0.15, -0.1) is 0 Å². The summed E-state index contributed by atoms with van der Waals surface area (Å²) in [5.74, 6) is -2.22. The third-order valence-electron chi connectivity index (χ3n) is 5.15. The molecule has 2 aromatic rings. The van der Waals surface area contributed by atoms with E-state index in [2.05, 4.69) is 15.0 Å². The number of hydrogen-bond donors (Lipinski definition) is 0. The second kappa shape index (κ2) is 8.46. The SMILES string of the molecule is CC(C)Oc1cc2c(cn1)CN=C2c1ccnc(N2CCN(S(=O)(=O)C(F)F)CC2)c1. The Labute approximate surface area is 179 Å². The molecule has 0 atom stereocenters. The van der Waals surface area contributed by atoms with Crippen LogP contribution >= 0.6 is 0 Å². The van der Waals surface area contributed by atoms with Crippen molar-refractivity contribution >= 4 is 21.6 Å². The summed E-state index contributed by atoms with van der Waals surface area (Å²) in [4.78, 5) is 15.2. The van der Waals surface area contributed by atoms with Crippen LogP contribution in [0.3, 0.4) is 0 Å². The fraction of sp³-hybridized carbons (Fsp3) is 0.450. The molecule has 4 rings (SSSR count). The number of halogens is 2. The first-order valence-electron chi connectivity index (χ1n) is 9.94. The van der Waals surface area contributed by atoms with E-state index < -0.39 is 15.8 Å². The Bertz CT molecular complexity index is 1100. The molecule has 0 bridgehead atoms. The predicted octanol–water partition coefficient (Wildman–Crippen LogP) is 2.29. The van der Waals surface area contributed by atoms with Crippen molar-refractivity contribution in [2.75, 3.05) is 31.1 Å². The maximum atomic E-state index is 12.8. The molecule has 0 unspecified atom stereocenters. The second-order valence-electron chi connectivity index (χ2n) is 7.61. The minimum atomic E-state index is -4.56. The molecule has 0 amide bonds. The Balaban J connectivity index is 1.52. The van der Waals surface area contributed by atoms with Crippen LogP contribution in [0.15, 0.2) is 35.6 Å². The van der Waals surface area contributed by atoms with Gasteiger partial charge < -0.3 is 9.64 Å². The lowest BCUT2D eigenvalue weighted by Gasteiger charge is -2.34. The first kappa shape index (κ1) is 21.6. The van der Waals surface area contributed by atoms with E-state index in [0.29, 0.717) is 18.2 Å². The van der Waals surface area contributed by atoms with Gasteiger partial charge in [0.05, 0.1) is 18.4 Å². The van der Waals surface area contributed by atoms with Gasteiger partial charge in [0.25, 0.3) is 10.0 Å². The fourth-order valence-corrected chi connectivity index (χ4v) is 4.53. The van der Waals surface area contributed by atoms with Crippen molar-refractivity contribution in [3.63, 3.8) is 0 Å². The standard InChI is InChI=1S/C20H23F2N5O3S/c1-13(2)30-18-10-16-15(11-24-18)12-25-19(16)14-3-4-23-17(9-14)26-5-7-27(8-6-26)31(28,29)20(21)22/h3-4,9-11,13,20H,5-8,12H2,1-2H3. The number of nitrogens with zero attached hydrogens (tertiary/aromatic N) is 5. The molecular formula is C20H23F2N5O3S. The predicted molar refractivity (Wildman–Crippen MR) is 112 cm³/mol. The lowest BCUT2D eigenvalue weighted by molar-refractivity contribution is 0.217. The summed E-state index contributed by atoms with van der Waals surface area (Å²) in [6.07, 6.45) is 3.45. The summed E-state index contributed by atoms with van der Waals surface area (Å²) in [6, 6.07) is 5.63. The zero-order valence-corrected chi connectivity index (χ0v) is 18.0. The Morgan fingerprint density at radius 3 is 2.52 bits per heavy atom. The number of piperazine rings is 1. The lowest BCUT2D eigenvalue weighted by Crippen LogP contribution is -2.50. The molecule has 0 radical (unpaired) electrons. The molecule has 0 saturated carbocycles. The van der Waals surface area contributed by atoms with Crippen LogP contribution < -0.4 is 9.64 Å². The Morgan fingerprint density at radius 1 is 1.10 bits per heavy atom. The van der Waals surface area contributed by atoms with E-state index in [-0.39, 0.29) is 32.3 Å². The highest BCUT2D eigenvalue weighted by atomic mass is 32.2. The highest BCUT2D eigenvalue weighted by Gasteiger charge is 2.34. The largest absolute Gasteiger partial charge is 0.475 e. The van der Waals surface area contributed by atoms with E-state index in [1.807, 2.05) is 36.9 Å². The average molecular weight is 451 g/mol. The Hall–Kier alpha value is -2.66. The number of hydrogen-bond acceptors (Lipinski definition) is 7. The summed E-state index contributed by atoms with van der Waals surface area (Å²) in [5, 5.41) is 0. The van der Waals surface area contributed by atoms with Gasteiger partial charge in [0.1, 0.15) is 5.82 Å². The minimum absolute atomic E-state index is 0.00687. The van der Waals surface area contributed by atoms with Gasteiger partial charge in [-0.3, -0.25) is 4.99 Å². The molecule has 2 aliphatic rings. The third kappa shape index (κ3) is 4.38. The number of sulfonamides is 1. The first-order chi connectivity index (χ1) is 14.8. The summed E-state index contributed by atoms with van der Waals surface area (Å²) in [6.45, 7) is 4.94. The summed E-state index contributed by atoms with van der Waals surface area (Å²) in [5.41, 5.74) is 3.65. The molecule has 0 N–H and O–H groups in total. The molecule has 1 fully saturated rings. The first-order valence-corrected chi connectivity index (χ1v) is 11.4. The number of alkyl halides is 2. The van der Waals surface area contributed by atoms with Gasteiger partial charge in [-0.2, -0.15) is 13.1 Å². The van der Waals surface area contributed by atoms with Crippen molar-refractivity contribution in [1.29, 1.82) is 0 Å². The van der Waals surface area contributed by atoms with E-state index in [1.54, 1.807) is 12.4 Å². The zero-order chi connectivity index (χ0) is 22.2. The van der Waals surface area contributed by atoms with Gasteiger partial charge in [0.2, 0.25) is 5.88 Å². The molecule has 2 aliphatic heterocycles. The normalized spacial score (nSPS) is 17.2. The van der Waals surface area contributed by atoms with Gasteiger partial charge in [-0.1, -0.05) is 0 Å². The highest BCUT2D eigenvalue weighted by molar-refractivity contribution is 7.89. The molecule has 1 saturated heterocycles. The highest BCUT2D eigenvalue weighted by Crippen LogP contribution is 2.27. The number of rotatable bonds is 6. The number of aromatic nitrogens is 2. The Kier molecular flexibility index (Phi) is 5.89. The number of ether oxygens (including phenoxy) is 1. The van der Waals surface area contributed by atoms with E-state index in [0.717, 1.165) is 26.7 Å². The quantitative estimate of drug-likeness (QED) is 0.670. The van der Waals surface area contributed by atoms with Gasteiger partial charge in [-0.05, 0) is 26.0 Å². The molecule has 4 heterocycles. The van der Waals surface area contributed by atoms with Crippen molar-refractivity contribution < 1.29 is 21.9 Å². The van der Waals surface area contributed by atoms with E-state index in [9.17, 15) is 17.2 Å².